The first-order valence-corrected chi connectivity index (χ1v) is 9.30. The maximum Gasteiger partial charge on any atom is 0.303 e. The van der Waals surface area contributed by atoms with E-state index in [1.807, 2.05) is 38.1 Å². The van der Waals surface area contributed by atoms with Crippen molar-refractivity contribution >= 4 is 5.97 Å². The summed E-state index contributed by atoms with van der Waals surface area (Å²) in [6.07, 6.45) is 7.62. The number of aliphatic hydroxyl groups is 1. The van der Waals surface area contributed by atoms with Crippen LogP contribution >= 0.6 is 0 Å². The van der Waals surface area contributed by atoms with Crippen molar-refractivity contribution in [2.24, 2.45) is 5.92 Å². The summed E-state index contributed by atoms with van der Waals surface area (Å²) in [4.78, 5) is 10.5. The average Bonchev–Trinajstić information content (AvgIpc) is 2.61. The summed E-state index contributed by atoms with van der Waals surface area (Å²) < 4.78 is 12.0. The molecule has 26 heavy (non-hydrogen) atoms. The second-order valence-electron chi connectivity index (χ2n) is 7.21. The maximum absolute atomic E-state index is 10.5. The third-order valence-electron chi connectivity index (χ3n) is 4.63. The molecule has 0 radical (unpaired) electrons. The van der Waals surface area contributed by atoms with Gasteiger partial charge < -0.3 is 19.7 Å². The van der Waals surface area contributed by atoms with Gasteiger partial charge in [-0.25, -0.2) is 0 Å². The topological polar surface area (TPSA) is 76.0 Å². The van der Waals surface area contributed by atoms with Crippen molar-refractivity contribution in [3.8, 4) is 0 Å². The highest BCUT2D eigenvalue weighted by atomic mass is 16.7. The largest absolute Gasteiger partial charge is 0.481 e. The van der Waals surface area contributed by atoms with E-state index in [0.717, 1.165) is 30.4 Å². The molecule has 144 valence electrons. The second-order valence-corrected chi connectivity index (χ2v) is 7.21. The molecular weight excluding hydrogens is 332 g/mol. The quantitative estimate of drug-likeness (QED) is 0.508. The number of unbranched alkanes of at least 4 members (excludes halogenated alkanes) is 2. The molecule has 0 unspecified atom stereocenters. The first-order chi connectivity index (χ1) is 12.4. The molecule has 0 bridgehead atoms. The summed E-state index contributed by atoms with van der Waals surface area (Å²) in [7, 11) is 0. The predicted molar refractivity (Wildman–Crippen MR) is 99.6 cm³/mol. The van der Waals surface area contributed by atoms with Crippen molar-refractivity contribution < 1.29 is 24.5 Å². The molecule has 0 aromatic heterocycles. The van der Waals surface area contributed by atoms with Crippen molar-refractivity contribution in [3.63, 3.8) is 0 Å². The lowest BCUT2D eigenvalue weighted by molar-refractivity contribution is -0.295. The second kappa shape index (κ2) is 9.86. The summed E-state index contributed by atoms with van der Waals surface area (Å²) in [5.41, 5.74) is 1.91. The lowest BCUT2D eigenvalue weighted by atomic mass is 9.89. The number of hydrogen-bond acceptors (Lipinski definition) is 4. The molecule has 1 aliphatic rings. The van der Waals surface area contributed by atoms with Crippen LogP contribution in [-0.4, -0.2) is 28.6 Å². The van der Waals surface area contributed by atoms with Crippen LogP contribution in [0, 0.1) is 5.92 Å². The smallest absolute Gasteiger partial charge is 0.303 e. The van der Waals surface area contributed by atoms with E-state index in [1.54, 1.807) is 0 Å². The zero-order valence-corrected chi connectivity index (χ0v) is 15.7. The molecular formula is C21H30O5. The van der Waals surface area contributed by atoms with Gasteiger partial charge in [0.2, 0.25) is 0 Å². The number of aliphatic hydroxyl groups excluding tert-OH is 1. The predicted octanol–water partition coefficient (Wildman–Crippen LogP) is 4.21. The van der Waals surface area contributed by atoms with E-state index in [2.05, 4.69) is 12.2 Å². The van der Waals surface area contributed by atoms with Crippen molar-refractivity contribution in [3.05, 3.63) is 47.5 Å². The molecule has 1 heterocycles. The average molecular weight is 362 g/mol. The fourth-order valence-electron chi connectivity index (χ4n) is 3.22. The minimum Gasteiger partial charge on any atom is -0.481 e. The molecule has 1 aromatic carbocycles. The van der Waals surface area contributed by atoms with Crippen LogP contribution in [0.1, 0.15) is 63.2 Å². The van der Waals surface area contributed by atoms with Crippen LogP contribution in [-0.2, 0) is 20.9 Å². The monoisotopic (exact) mass is 362 g/mol. The Morgan fingerprint density at radius 3 is 2.77 bits per heavy atom. The van der Waals surface area contributed by atoms with E-state index in [4.69, 9.17) is 14.6 Å². The lowest BCUT2D eigenvalue weighted by Crippen LogP contribution is -2.41. The molecule has 5 heteroatoms. The van der Waals surface area contributed by atoms with Gasteiger partial charge in [0.05, 0.1) is 19.3 Å². The number of benzene rings is 1. The molecule has 1 fully saturated rings. The standard InChI is InChI=1S/C21H30O5/c1-21(2)25-15-17(11-6-4-3-5-7-13-19(23)24)20(26-21)18-12-9-8-10-16(18)14-22/h4,6,8-10,12,17,20,22H,3,5,7,11,13-15H2,1-2H3,(H,23,24)/b6-4-/t17-,20+/m1/s1. The molecule has 1 aromatic rings. The van der Waals surface area contributed by atoms with Crippen LogP contribution in [0.15, 0.2) is 36.4 Å². The summed E-state index contributed by atoms with van der Waals surface area (Å²) in [5.74, 6) is -1.21. The van der Waals surface area contributed by atoms with Gasteiger partial charge in [-0.15, -0.1) is 0 Å². The van der Waals surface area contributed by atoms with Crippen LogP contribution in [0.5, 0.6) is 0 Å². The molecule has 2 rings (SSSR count). The number of rotatable bonds is 9. The minimum atomic E-state index is -0.738. The van der Waals surface area contributed by atoms with Gasteiger partial charge in [-0.1, -0.05) is 36.4 Å². The van der Waals surface area contributed by atoms with E-state index in [0.29, 0.717) is 13.0 Å². The normalized spacial score (nSPS) is 22.6. The molecule has 1 aliphatic heterocycles. The van der Waals surface area contributed by atoms with Gasteiger partial charge in [0.25, 0.3) is 0 Å². The Morgan fingerprint density at radius 2 is 2.04 bits per heavy atom. The zero-order valence-electron chi connectivity index (χ0n) is 15.7. The fraction of sp³-hybridized carbons (Fsp3) is 0.571. The van der Waals surface area contributed by atoms with E-state index >= 15 is 0 Å². The highest BCUT2D eigenvalue weighted by molar-refractivity contribution is 5.66. The molecule has 0 aliphatic carbocycles. The van der Waals surface area contributed by atoms with Gasteiger partial charge in [0.1, 0.15) is 0 Å². The number of aliphatic carboxylic acids is 1. The van der Waals surface area contributed by atoms with Crippen molar-refractivity contribution in [1.29, 1.82) is 0 Å². The van der Waals surface area contributed by atoms with Gasteiger partial charge >= 0.3 is 5.97 Å². The SMILES string of the molecule is CC1(C)OC[C@@H](C/C=C\CCCCC(=O)O)[C@@H](c2ccccc2CO)O1. The summed E-state index contributed by atoms with van der Waals surface area (Å²) in [6.45, 7) is 4.41. The third kappa shape index (κ3) is 6.24. The van der Waals surface area contributed by atoms with E-state index < -0.39 is 11.8 Å². The highest BCUT2D eigenvalue weighted by Crippen LogP contribution is 2.39. The highest BCUT2D eigenvalue weighted by Gasteiger charge is 2.37. The number of carbonyl (C=O) groups is 1. The van der Waals surface area contributed by atoms with Crippen LogP contribution in [0.3, 0.4) is 0 Å². The first kappa shape index (κ1) is 20.6. The van der Waals surface area contributed by atoms with Crippen molar-refractivity contribution in [2.45, 2.75) is 64.4 Å². The van der Waals surface area contributed by atoms with E-state index in [1.165, 1.54) is 0 Å². The van der Waals surface area contributed by atoms with Gasteiger partial charge in [0, 0.05) is 12.3 Å². The molecule has 5 nitrogen and oxygen atoms in total. The zero-order chi connectivity index (χ0) is 19.0. The van der Waals surface area contributed by atoms with E-state index in [9.17, 15) is 9.90 Å². The van der Waals surface area contributed by atoms with Crippen LogP contribution in [0.25, 0.3) is 0 Å². The molecule has 0 amide bonds. The van der Waals surface area contributed by atoms with Crippen LogP contribution in [0.2, 0.25) is 0 Å². The minimum absolute atomic E-state index is 0.0105. The molecule has 2 atom stereocenters. The Balaban J connectivity index is 1.97. The van der Waals surface area contributed by atoms with E-state index in [-0.39, 0.29) is 25.0 Å². The summed E-state index contributed by atoms with van der Waals surface area (Å²) >= 11 is 0. The fourth-order valence-corrected chi connectivity index (χ4v) is 3.22. The number of carboxylic acid groups (broad SMARTS) is 1. The van der Waals surface area contributed by atoms with Crippen LogP contribution < -0.4 is 0 Å². The molecule has 0 spiro atoms. The number of hydrogen-bond donors (Lipinski definition) is 2. The number of carboxylic acids is 1. The molecule has 2 N–H and O–H groups in total. The molecule has 1 saturated heterocycles. The maximum atomic E-state index is 10.5. The lowest BCUT2D eigenvalue weighted by Gasteiger charge is -2.41. The Kier molecular flexibility index (Phi) is 7.82. The van der Waals surface area contributed by atoms with Crippen LogP contribution in [0.4, 0.5) is 0 Å². The Morgan fingerprint density at radius 1 is 1.27 bits per heavy atom. The first-order valence-electron chi connectivity index (χ1n) is 9.30. The summed E-state index contributed by atoms with van der Waals surface area (Å²) in [5, 5.41) is 18.3. The van der Waals surface area contributed by atoms with Gasteiger partial charge in [-0.05, 0) is 50.7 Å². The Bertz CT molecular complexity index is 608. The Hall–Kier alpha value is -1.69. The van der Waals surface area contributed by atoms with Gasteiger partial charge in [-0.2, -0.15) is 0 Å². The number of allylic oxidation sites excluding steroid dienone is 2. The van der Waals surface area contributed by atoms with Crippen molar-refractivity contribution in [1.82, 2.24) is 0 Å². The summed E-state index contributed by atoms with van der Waals surface area (Å²) in [6, 6.07) is 7.83. The van der Waals surface area contributed by atoms with Gasteiger partial charge in [-0.3, -0.25) is 4.79 Å². The molecule has 0 saturated carbocycles. The number of ether oxygens (including phenoxy) is 2. The van der Waals surface area contributed by atoms with Gasteiger partial charge in [0.15, 0.2) is 5.79 Å². The van der Waals surface area contributed by atoms with Crippen molar-refractivity contribution in [2.75, 3.05) is 6.61 Å². The third-order valence-corrected chi connectivity index (χ3v) is 4.63. The Labute approximate surface area is 155 Å².